The summed E-state index contributed by atoms with van der Waals surface area (Å²) in [5, 5.41) is 11.6. The number of carboxylic acids is 1. The maximum atomic E-state index is 12.4. The number of amides is 2. The Morgan fingerprint density at radius 3 is 2.82 bits per heavy atom. The SMILES string of the molecule is CC(NC(=O)c1ccc(Br)s1)C(=O)N1CCCC1CC(=O)O. The Balaban J connectivity index is 1.96. The highest BCUT2D eigenvalue weighted by Gasteiger charge is 2.33. The van der Waals surface area contributed by atoms with E-state index in [1.807, 2.05) is 0 Å². The van der Waals surface area contributed by atoms with Crippen LogP contribution in [0.15, 0.2) is 15.9 Å². The Hall–Kier alpha value is -1.41. The molecule has 0 saturated carbocycles. The zero-order valence-corrected chi connectivity index (χ0v) is 14.4. The number of carboxylic acid groups (broad SMARTS) is 1. The summed E-state index contributed by atoms with van der Waals surface area (Å²) in [6.45, 7) is 2.17. The van der Waals surface area contributed by atoms with Gasteiger partial charge in [0.05, 0.1) is 15.1 Å². The van der Waals surface area contributed by atoms with Gasteiger partial charge in [-0.15, -0.1) is 11.3 Å². The lowest BCUT2D eigenvalue weighted by atomic mass is 10.1. The average Bonchev–Trinajstić information content (AvgIpc) is 3.06. The zero-order chi connectivity index (χ0) is 16.3. The van der Waals surface area contributed by atoms with Crippen LogP contribution in [0.1, 0.15) is 35.9 Å². The molecule has 0 bridgehead atoms. The Kier molecular flexibility index (Phi) is 5.57. The molecule has 6 nitrogen and oxygen atoms in total. The molecule has 0 spiro atoms. The molecule has 2 heterocycles. The summed E-state index contributed by atoms with van der Waals surface area (Å²) in [6.07, 6.45) is 1.43. The molecule has 2 N–H and O–H groups in total. The third kappa shape index (κ3) is 4.07. The third-order valence-electron chi connectivity index (χ3n) is 3.59. The maximum absolute atomic E-state index is 12.4. The second-order valence-electron chi connectivity index (χ2n) is 5.22. The molecule has 22 heavy (non-hydrogen) atoms. The number of carbonyl (C=O) groups excluding carboxylic acids is 2. The number of likely N-dealkylation sites (tertiary alicyclic amines) is 1. The maximum Gasteiger partial charge on any atom is 0.305 e. The van der Waals surface area contributed by atoms with Gasteiger partial charge in [0, 0.05) is 12.6 Å². The minimum atomic E-state index is -0.912. The van der Waals surface area contributed by atoms with E-state index in [1.54, 1.807) is 24.0 Å². The molecule has 120 valence electrons. The summed E-state index contributed by atoms with van der Waals surface area (Å²) in [7, 11) is 0. The van der Waals surface area contributed by atoms with Gasteiger partial charge in [-0.05, 0) is 47.8 Å². The van der Waals surface area contributed by atoms with Gasteiger partial charge in [0.2, 0.25) is 5.91 Å². The second-order valence-corrected chi connectivity index (χ2v) is 7.69. The first kappa shape index (κ1) is 17.0. The van der Waals surface area contributed by atoms with E-state index in [9.17, 15) is 14.4 Å². The van der Waals surface area contributed by atoms with Crippen LogP contribution in [0.5, 0.6) is 0 Å². The van der Waals surface area contributed by atoms with Crippen molar-refractivity contribution in [3.05, 3.63) is 20.8 Å². The number of rotatable bonds is 5. The van der Waals surface area contributed by atoms with Crippen molar-refractivity contribution in [3.63, 3.8) is 0 Å². The molecular formula is C14H17BrN2O4S. The van der Waals surface area contributed by atoms with Crippen molar-refractivity contribution >= 4 is 45.1 Å². The number of thiophene rings is 1. The first-order valence-electron chi connectivity index (χ1n) is 6.97. The van der Waals surface area contributed by atoms with E-state index in [0.29, 0.717) is 17.8 Å². The van der Waals surface area contributed by atoms with Crippen LogP contribution in [-0.2, 0) is 9.59 Å². The molecule has 0 aromatic carbocycles. The largest absolute Gasteiger partial charge is 0.481 e. The topological polar surface area (TPSA) is 86.7 Å². The predicted octanol–water partition coefficient (Wildman–Crippen LogP) is 2.09. The van der Waals surface area contributed by atoms with Gasteiger partial charge >= 0.3 is 5.97 Å². The van der Waals surface area contributed by atoms with Crippen LogP contribution < -0.4 is 5.32 Å². The molecule has 2 amide bonds. The first-order valence-corrected chi connectivity index (χ1v) is 8.58. The number of hydrogen-bond acceptors (Lipinski definition) is 4. The Morgan fingerprint density at radius 2 is 2.23 bits per heavy atom. The van der Waals surface area contributed by atoms with E-state index in [0.717, 1.165) is 10.2 Å². The lowest BCUT2D eigenvalue weighted by Gasteiger charge is -2.26. The third-order valence-corrected chi connectivity index (χ3v) is 5.21. The number of halogens is 1. The fraction of sp³-hybridized carbons (Fsp3) is 0.500. The summed E-state index contributed by atoms with van der Waals surface area (Å²) in [6, 6.07) is 2.50. The quantitative estimate of drug-likeness (QED) is 0.808. The summed E-state index contributed by atoms with van der Waals surface area (Å²) in [5.74, 6) is -1.44. The Morgan fingerprint density at radius 1 is 1.50 bits per heavy atom. The van der Waals surface area contributed by atoms with Crippen molar-refractivity contribution in [2.24, 2.45) is 0 Å². The van der Waals surface area contributed by atoms with Crippen LogP contribution >= 0.6 is 27.3 Å². The molecule has 2 unspecified atom stereocenters. The monoisotopic (exact) mass is 388 g/mol. The van der Waals surface area contributed by atoms with Crippen molar-refractivity contribution in [1.29, 1.82) is 0 Å². The highest BCUT2D eigenvalue weighted by molar-refractivity contribution is 9.11. The number of nitrogens with one attached hydrogen (secondary N) is 1. The summed E-state index contributed by atoms with van der Waals surface area (Å²) >= 11 is 4.58. The highest BCUT2D eigenvalue weighted by Crippen LogP contribution is 2.23. The molecular weight excluding hydrogens is 372 g/mol. The fourth-order valence-electron chi connectivity index (χ4n) is 2.55. The van der Waals surface area contributed by atoms with Gasteiger partial charge in [0.15, 0.2) is 0 Å². The number of carbonyl (C=O) groups is 3. The molecule has 2 rings (SSSR count). The fourth-order valence-corrected chi connectivity index (χ4v) is 3.84. The van der Waals surface area contributed by atoms with Gasteiger partial charge in [-0.25, -0.2) is 0 Å². The molecule has 1 aromatic rings. The van der Waals surface area contributed by atoms with E-state index in [4.69, 9.17) is 5.11 Å². The molecule has 0 radical (unpaired) electrons. The molecule has 8 heteroatoms. The lowest BCUT2D eigenvalue weighted by molar-refractivity contribution is -0.140. The van der Waals surface area contributed by atoms with Crippen molar-refractivity contribution in [2.75, 3.05) is 6.54 Å². The van der Waals surface area contributed by atoms with Crippen molar-refractivity contribution in [3.8, 4) is 0 Å². The van der Waals surface area contributed by atoms with E-state index in [1.165, 1.54) is 11.3 Å². The number of hydrogen-bond donors (Lipinski definition) is 2. The number of nitrogens with zero attached hydrogens (tertiary/aromatic N) is 1. The second kappa shape index (κ2) is 7.23. The molecule has 1 saturated heterocycles. The van der Waals surface area contributed by atoms with Gasteiger partial charge in [-0.3, -0.25) is 14.4 Å². The normalized spacial score (nSPS) is 19.0. The molecule has 2 atom stereocenters. The van der Waals surface area contributed by atoms with E-state index >= 15 is 0 Å². The molecule has 1 aromatic heterocycles. The van der Waals surface area contributed by atoms with Gasteiger partial charge in [-0.2, -0.15) is 0 Å². The van der Waals surface area contributed by atoms with E-state index < -0.39 is 12.0 Å². The standard InChI is InChI=1S/C14H17BrN2O4S/c1-8(16-13(20)10-4-5-11(15)22-10)14(21)17-6-2-3-9(17)7-12(18)19/h4-5,8-9H,2-3,6-7H2,1H3,(H,16,20)(H,18,19). The van der Waals surface area contributed by atoms with Crippen molar-refractivity contribution < 1.29 is 19.5 Å². The van der Waals surface area contributed by atoms with Gasteiger partial charge in [0.1, 0.15) is 6.04 Å². The molecule has 0 aliphatic carbocycles. The Bertz CT molecular complexity index is 589. The Labute approximate surface area is 140 Å². The predicted molar refractivity (Wildman–Crippen MR) is 85.9 cm³/mol. The number of aliphatic carboxylic acids is 1. The van der Waals surface area contributed by atoms with Crippen LogP contribution in [-0.4, -0.2) is 46.4 Å². The van der Waals surface area contributed by atoms with Crippen LogP contribution in [0, 0.1) is 0 Å². The van der Waals surface area contributed by atoms with Crippen molar-refractivity contribution in [1.82, 2.24) is 10.2 Å². The average molecular weight is 389 g/mol. The van der Waals surface area contributed by atoms with Crippen LogP contribution in [0.25, 0.3) is 0 Å². The van der Waals surface area contributed by atoms with Gasteiger partial charge < -0.3 is 15.3 Å². The minimum absolute atomic E-state index is 0.0513. The molecule has 1 aliphatic rings. The van der Waals surface area contributed by atoms with E-state index in [-0.39, 0.29) is 24.3 Å². The van der Waals surface area contributed by atoms with Crippen LogP contribution in [0.4, 0.5) is 0 Å². The van der Waals surface area contributed by atoms with Crippen molar-refractivity contribution in [2.45, 2.75) is 38.3 Å². The summed E-state index contributed by atoms with van der Waals surface area (Å²) < 4.78 is 0.845. The zero-order valence-electron chi connectivity index (χ0n) is 12.0. The summed E-state index contributed by atoms with van der Waals surface area (Å²) in [4.78, 5) is 37.4. The first-order chi connectivity index (χ1) is 10.4. The molecule has 1 fully saturated rings. The summed E-state index contributed by atoms with van der Waals surface area (Å²) in [5.41, 5.74) is 0. The highest BCUT2D eigenvalue weighted by atomic mass is 79.9. The minimum Gasteiger partial charge on any atom is -0.481 e. The van der Waals surface area contributed by atoms with Gasteiger partial charge in [-0.1, -0.05) is 0 Å². The molecule has 1 aliphatic heterocycles. The van der Waals surface area contributed by atoms with E-state index in [2.05, 4.69) is 21.2 Å². The van der Waals surface area contributed by atoms with Crippen LogP contribution in [0.3, 0.4) is 0 Å². The smallest absolute Gasteiger partial charge is 0.305 e. The van der Waals surface area contributed by atoms with Gasteiger partial charge in [0.25, 0.3) is 5.91 Å². The lowest BCUT2D eigenvalue weighted by Crippen LogP contribution is -2.48. The van der Waals surface area contributed by atoms with Crippen LogP contribution in [0.2, 0.25) is 0 Å².